The number of hydrogen-bond donors (Lipinski definition) is 1. The van der Waals surface area contributed by atoms with E-state index in [0.717, 1.165) is 43.6 Å². The lowest BCUT2D eigenvalue weighted by atomic mass is 10.0. The lowest BCUT2D eigenvalue weighted by Crippen LogP contribution is -2.23. The maximum Gasteiger partial charge on any atom is 0.224 e. The predicted molar refractivity (Wildman–Crippen MR) is 78.7 cm³/mol. The monoisotopic (exact) mass is 271 g/mol. The van der Waals surface area contributed by atoms with Crippen LogP contribution < -0.4 is 10.1 Å². The molecule has 20 heavy (non-hydrogen) atoms. The third kappa shape index (κ3) is 3.21. The Balaban J connectivity index is 1.54. The molecule has 3 rings (SSSR count). The summed E-state index contributed by atoms with van der Waals surface area (Å²) < 4.78 is 5.60. The normalized spacial score (nSPS) is 17.1. The van der Waals surface area contributed by atoms with E-state index in [2.05, 4.69) is 17.5 Å². The van der Waals surface area contributed by atoms with Crippen LogP contribution in [0.4, 0.5) is 0 Å². The zero-order valence-corrected chi connectivity index (χ0v) is 11.8. The van der Waals surface area contributed by atoms with E-state index in [9.17, 15) is 4.79 Å². The summed E-state index contributed by atoms with van der Waals surface area (Å²) in [4.78, 5) is 11.9. The van der Waals surface area contributed by atoms with Crippen LogP contribution in [0.3, 0.4) is 0 Å². The second-order valence-corrected chi connectivity index (χ2v) is 5.60. The van der Waals surface area contributed by atoms with Gasteiger partial charge in [0.1, 0.15) is 5.75 Å². The van der Waals surface area contributed by atoms with Gasteiger partial charge in [-0.25, -0.2) is 0 Å². The highest BCUT2D eigenvalue weighted by atomic mass is 16.5. The molecular weight excluding hydrogens is 250 g/mol. The van der Waals surface area contributed by atoms with Crippen LogP contribution in [-0.4, -0.2) is 12.5 Å². The number of hydrogen-bond acceptors (Lipinski definition) is 2. The Kier molecular flexibility index (Phi) is 4.05. The largest absolute Gasteiger partial charge is 0.493 e. The molecule has 0 saturated heterocycles. The van der Waals surface area contributed by atoms with Crippen molar-refractivity contribution < 1.29 is 9.53 Å². The molecule has 1 aromatic rings. The Morgan fingerprint density at radius 1 is 1.25 bits per heavy atom. The van der Waals surface area contributed by atoms with Crippen molar-refractivity contribution in [2.24, 2.45) is 0 Å². The van der Waals surface area contributed by atoms with Crippen molar-refractivity contribution in [3.63, 3.8) is 0 Å². The molecule has 0 aromatic heterocycles. The molecule has 0 fully saturated rings. The van der Waals surface area contributed by atoms with Gasteiger partial charge in [0.2, 0.25) is 5.91 Å². The van der Waals surface area contributed by atoms with Crippen molar-refractivity contribution in [2.75, 3.05) is 6.61 Å². The Hall–Kier alpha value is -1.77. The molecule has 0 spiro atoms. The van der Waals surface area contributed by atoms with E-state index in [1.807, 2.05) is 12.1 Å². The van der Waals surface area contributed by atoms with Crippen molar-refractivity contribution in [1.29, 1.82) is 0 Å². The standard InChI is InChI=1S/C17H21NO2/c19-17(11-13-4-1-2-5-13)18-12-14-7-8-16-15(10-14)6-3-9-20-16/h4,7-8,10H,1-3,5-6,9,11-12H2,(H,18,19). The van der Waals surface area contributed by atoms with E-state index in [0.29, 0.717) is 13.0 Å². The summed E-state index contributed by atoms with van der Waals surface area (Å²) in [6, 6.07) is 6.22. The fourth-order valence-electron chi connectivity index (χ4n) is 2.89. The second kappa shape index (κ2) is 6.12. The number of allylic oxidation sites excluding steroid dienone is 1. The fraction of sp³-hybridized carbons (Fsp3) is 0.471. The SMILES string of the molecule is O=C(CC1=CCCC1)NCc1ccc2c(c1)CCCO2. The first-order valence-corrected chi connectivity index (χ1v) is 7.50. The van der Waals surface area contributed by atoms with Crippen LogP contribution in [0, 0.1) is 0 Å². The van der Waals surface area contributed by atoms with Crippen LogP contribution >= 0.6 is 0 Å². The van der Waals surface area contributed by atoms with Crippen LogP contribution in [0.2, 0.25) is 0 Å². The minimum atomic E-state index is 0.132. The van der Waals surface area contributed by atoms with Crippen LogP contribution in [0.25, 0.3) is 0 Å². The minimum absolute atomic E-state index is 0.132. The highest BCUT2D eigenvalue weighted by Crippen LogP contribution is 2.25. The second-order valence-electron chi connectivity index (χ2n) is 5.60. The average molecular weight is 271 g/mol. The van der Waals surface area contributed by atoms with Crippen molar-refractivity contribution >= 4 is 5.91 Å². The summed E-state index contributed by atoms with van der Waals surface area (Å²) in [5.74, 6) is 1.13. The molecule has 1 aromatic carbocycles. The van der Waals surface area contributed by atoms with Gasteiger partial charge in [0, 0.05) is 13.0 Å². The van der Waals surface area contributed by atoms with E-state index in [1.54, 1.807) is 0 Å². The minimum Gasteiger partial charge on any atom is -0.493 e. The number of benzene rings is 1. The summed E-state index contributed by atoms with van der Waals surface area (Å²) in [6.45, 7) is 1.43. The van der Waals surface area contributed by atoms with Crippen LogP contribution in [0.5, 0.6) is 5.75 Å². The van der Waals surface area contributed by atoms with Gasteiger partial charge in [-0.3, -0.25) is 4.79 Å². The van der Waals surface area contributed by atoms with Crippen molar-refractivity contribution in [3.05, 3.63) is 41.0 Å². The summed E-state index contributed by atoms with van der Waals surface area (Å²) in [7, 11) is 0. The van der Waals surface area contributed by atoms with E-state index in [4.69, 9.17) is 4.74 Å². The third-order valence-corrected chi connectivity index (χ3v) is 3.99. The Bertz CT molecular complexity index is 534. The summed E-state index contributed by atoms with van der Waals surface area (Å²) in [5.41, 5.74) is 3.71. The summed E-state index contributed by atoms with van der Waals surface area (Å²) >= 11 is 0. The Morgan fingerprint density at radius 2 is 2.20 bits per heavy atom. The van der Waals surface area contributed by atoms with Gasteiger partial charge in [-0.1, -0.05) is 23.8 Å². The zero-order chi connectivity index (χ0) is 13.8. The molecule has 0 radical (unpaired) electrons. The molecule has 1 amide bonds. The molecule has 1 aliphatic carbocycles. The molecule has 3 heteroatoms. The van der Waals surface area contributed by atoms with Crippen LogP contribution in [-0.2, 0) is 17.8 Å². The van der Waals surface area contributed by atoms with Gasteiger partial charge in [-0.2, -0.15) is 0 Å². The molecule has 0 atom stereocenters. The number of rotatable bonds is 4. The summed E-state index contributed by atoms with van der Waals surface area (Å²) in [6.07, 6.45) is 8.34. The topological polar surface area (TPSA) is 38.3 Å². The maximum atomic E-state index is 11.9. The molecule has 2 aliphatic rings. The molecule has 0 bridgehead atoms. The lowest BCUT2D eigenvalue weighted by Gasteiger charge is -2.18. The summed E-state index contributed by atoms with van der Waals surface area (Å²) in [5, 5.41) is 3.01. The highest BCUT2D eigenvalue weighted by molar-refractivity contribution is 5.78. The molecule has 0 unspecified atom stereocenters. The number of carbonyl (C=O) groups is 1. The van der Waals surface area contributed by atoms with Crippen molar-refractivity contribution in [2.45, 2.75) is 45.1 Å². The first-order chi connectivity index (χ1) is 9.81. The van der Waals surface area contributed by atoms with E-state index < -0.39 is 0 Å². The van der Waals surface area contributed by atoms with Crippen LogP contribution in [0.1, 0.15) is 43.2 Å². The first-order valence-electron chi connectivity index (χ1n) is 7.50. The molecule has 106 valence electrons. The van der Waals surface area contributed by atoms with Crippen LogP contribution in [0.15, 0.2) is 29.8 Å². The third-order valence-electron chi connectivity index (χ3n) is 3.99. The molecule has 3 nitrogen and oxygen atoms in total. The fourth-order valence-corrected chi connectivity index (χ4v) is 2.89. The van der Waals surface area contributed by atoms with Gasteiger partial charge in [-0.15, -0.1) is 0 Å². The van der Waals surface area contributed by atoms with E-state index >= 15 is 0 Å². The van der Waals surface area contributed by atoms with E-state index in [-0.39, 0.29) is 5.91 Å². The molecule has 1 N–H and O–H groups in total. The van der Waals surface area contributed by atoms with Gasteiger partial charge in [0.05, 0.1) is 6.61 Å². The van der Waals surface area contributed by atoms with Gasteiger partial charge in [-0.05, 0) is 49.3 Å². The molecule has 0 saturated carbocycles. The highest BCUT2D eigenvalue weighted by Gasteiger charge is 2.12. The number of carbonyl (C=O) groups excluding carboxylic acids is 1. The van der Waals surface area contributed by atoms with Crippen molar-refractivity contribution in [1.82, 2.24) is 5.32 Å². The Labute approximate surface area is 120 Å². The van der Waals surface area contributed by atoms with Gasteiger partial charge >= 0.3 is 0 Å². The number of amides is 1. The average Bonchev–Trinajstić information content (AvgIpc) is 2.98. The zero-order valence-electron chi connectivity index (χ0n) is 11.8. The lowest BCUT2D eigenvalue weighted by molar-refractivity contribution is -0.120. The maximum absolute atomic E-state index is 11.9. The Morgan fingerprint density at radius 3 is 3.05 bits per heavy atom. The quantitative estimate of drug-likeness (QED) is 0.854. The van der Waals surface area contributed by atoms with Crippen molar-refractivity contribution in [3.8, 4) is 5.75 Å². The van der Waals surface area contributed by atoms with Gasteiger partial charge < -0.3 is 10.1 Å². The number of nitrogens with one attached hydrogen (secondary N) is 1. The predicted octanol–water partition coefficient (Wildman–Crippen LogP) is 3.13. The smallest absolute Gasteiger partial charge is 0.224 e. The number of aryl methyl sites for hydroxylation is 1. The molecule has 1 heterocycles. The van der Waals surface area contributed by atoms with E-state index in [1.165, 1.54) is 17.6 Å². The van der Waals surface area contributed by atoms with Gasteiger partial charge in [0.15, 0.2) is 0 Å². The van der Waals surface area contributed by atoms with Gasteiger partial charge in [0.25, 0.3) is 0 Å². The number of ether oxygens (including phenoxy) is 1. The first kappa shape index (κ1) is 13.2. The number of fused-ring (bicyclic) bond motifs is 1. The molecular formula is C17H21NO2. The molecule has 1 aliphatic heterocycles.